The number of hydrogen-bond acceptors (Lipinski definition) is 0. The molecule has 316 valence electrons. The van der Waals surface area contributed by atoms with Gasteiger partial charge in [-0.2, -0.15) is 46.6 Å². The molecule has 0 radical (unpaired) electrons. The number of hydrogen-bond donors (Lipinski definition) is 0. The molecule has 4 rings (SSSR count). The van der Waals surface area contributed by atoms with Gasteiger partial charge in [-0.1, -0.05) is 209 Å². The van der Waals surface area contributed by atoms with Gasteiger partial charge >= 0.3 is 52.4 Å². The summed E-state index contributed by atoms with van der Waals surface area (Å²) >= 11 is 0. The Morgan fingerprint density at radius 3 is 0.625 bits per heavy atom. The van der Waals surface area contributed by atoms with Crippen LogP contribution in [0.1, 0.15) is 235 Å². The summed E-state index contributed by atoms with van der Waals surface area (Å²) in [5.41, 5.74) is 12.5. The van der Waals surface area contributed by atoms with Crippen molar-refractivity contribution in [1.82, 2.24) is 0 Å². The van der Waals surface area contributed by atoms with Crippen LogP contribution in [-0.2, 0) is 52.4 Å². The molecule has 0 aromatic carbocycles. The zero-order chi connectivity index (χ0) is 38.1. The van der Waals surface area contributed by atoms with Gasteiger partial charge in [0.25, 0.3) is 0 Å². The molecular weight excluding hydrogens is 878 g/mol. The molecule has 0 N–H and O–H groups in total. The molecule has 4 aliphatic carbocycles. The van der Waals surface area contributed by atoms with Crippen molar-refractivity contribution >= 4 is 0 Å². The van der Waals surface area contributed by atoms with Crippen LogP contribution in [0.3, 0.4) is 0 Å². The molecule has 0 saturated carbocycles. The second-order valence-corrected chi connectivity index (χ2v) is 15.2. The molecule has 0 nitrogen and oxygen atoms in total. The smallest absolute Gasteiger partial charge is 1.00 e. The van der Waals surface area contributed by atoms with Gasteiger partial charge in [-0.25, -0.2) is 22.3 Å². The molecule has 0 aliphatic heterocycles. The van der Waals surface area contributed by atoms with Crippen molar-refractivity contribution in [2.24, 2.45) is 0 Å². The van der Waals surface area contributed by atoms with E-state index < -0.39 is 0 Å². The molecule has 0 aromatic heterocycles. The summed E-state index contributed by atoms with van der Waals surface area (Å²) in [6.45, 7) is 18.1. The minimum atomic E-state index is 0. The van der Waals surface area contributed by atoms with Crippen LogP contribution in [0, 0.1) is 24.3 Å². The SMILES string of the molecule is CCCCC1=[C-]CC=C1CCCC.CCCCC1=[C-]CC=C1CCCC.CCCCC1=[C-]CC=C1CCCC.CCCCC1=[C-]CC=C1CCCC.[Cl-].[Cl-].[Zr+2].[Zr+2]. The van der Waals surface area contributed by atoms with E-state index in [4.69, 9.17) is 0 Å². The zero-order valence-electron chi connectivity index (χ0n) is 37.9. The van der Waals surface area contributed by atoms with Crippen molar-refractivity contribution < 1.29 is 77.2 Å². The van der Waals surface area contributed by atoms with E-state index in [0.717, 1.165) is 25.7 Å². The first-order chi connectivity index (χ1) is 25.5. The molecule has 0 aromatic rings. The van der Waals surface area contributed by atoms with Gasteiger partial charge in [0.2, 0.25) is 0 Å². The van der Waals surface area contributed by atoms with Gasteiger partial charge in [-0.15, -0.1) is 25.7 Å². The predicted octanol–water partition coefficient (Wildman–Crippen LogP) is 11.7. The Bertz CT molecular complexity index is 905. The molecule has 0 amide bonds. The van der Waals surface area contributed by atoms with Gasteiger partial charge in [0.15, 0.2) is 0 Å². The van der Waals surface area contributed by atoms with E-state index in [1.807, 2.05) is 0 Å². The van der Waals surface area contributed by atoms with Crippen molar-refractivity contribution in [3.8, 4) is 0 Å². The van der Waals surface area contributed by atoms with Crippen LogP contribution in [-0.4, -0.2) is 0 Å². The molecule has 0 fully saturated rings. The summed E-state index contributed by atoms with van der Waals surface area (Å²) in [5.74, 6) is 0. The zero-order valence-corrected chi connectivity index (χ0v) is 44.3. The maximum Gasteiger partial charge on any atom is 2.00 e. The van der Waals surface area contributed by atoms with E-state index in [1.165, 1.54) is 176 Å². The first kappa shape index (κ1) is 62.9. The van der Waals surface area contributed by atoms with Crippen molar-refractivity contribution in [3.63, 3.8) is 0 Å². The molecule has 0 heterocycles. The molecule has 0 atom stereocenters. The van der Waals surface area contributed by atoms with Crippen molar-refractivity contribution in [1.29, 1.82) is 0 Å². The Labute approximate surface area is 402 Å². The molecule has 0 saturated heterocycles. The molecular formula is C52H84Cl2Zr2-2. The average molecular weight is 963 g/mol. The summed E-state index contributed by atoms with van der Waals surface area (Å²) in [4.78, 5) is 0. The summed E-state index contributed by atoms with van der Waals surface area (Å²) in [6.07, 6.45) is 58.8. The number of rotatable bonds is 24. The van der Waals surface area contributed by atoms with Gasteiger partial charge in [0, 0.05) is 0 Å². The predicted molar refractivity (Wildman–Crippen MR) is 234 cm³/mol. The van der Waals surface area contributed by atoms with Gasteiger partial charge in [-0.3, -0.25) is 24.3 Å². The second-order valence-electron chi connectivity index (χ2n) is 15.2. The number of allylic oxidation sites excluding steroid dienone is 16. The maximum atomic E-state index is 3.47. The Morgan fingerprint density at radius 1 is 0.304 bits per heavy atom. The first-order valence-corrected chi connectivity index (χ1v) is 22.7. The third-order valence-electron chi connectivity index (χ3n) is 10.5. The topological polar surface area (TPSA) is 0 Å². The number of unbranched alkanes of at least 4 members (excludes halogenated alkanes) is 8. The summed E-state index contributed by atoms with van der Waals surface area (Å²) in [6, 6.07) is 0. The maximum absolute atomic E-state index is 3.47. The molecule has 4 heteroatoms. The van der Waals surface area contributed by atoms with E-state index in [1.54, 1.807) is 22.3 Å². The van der Waals surface area contributed by atoms with Gasteiger partial charge in [-0.05, 0) is 0 Å². The van der Waals surface area contributed by atoms with Crippen LogP contribution in [0.25, 0.3) is 0 Å². The third-order valence-corrected chi connectivity index (χ3v) is 10.5. The largest absolute Gasteiger partial charge is 2.00 e. The molecule has 0 unspecified atom stereocenters. The number of halogens is 2. The van der Waals surface area contributed by atoms with Gasteiger partial charge in [0.1, 0.15) is 0 Å². The second kappa shape index (κ2) is 44.8. The first-order valence-electron chi connectivity index (χ1n) is 22.7. The fourth-order valence-corrected chi connectivity index (χ4v) is 7.03. The summed E-state index contributed by atoms with van der Waals surface area (Å²) in [7, 11) is 0. The Hall–Kier alpha value is 0.266. The van der Waals surface area contributed by atoms with E-state index in [9.17, 15) is 0 Å². The molecule has 56 heavy (non-hydrogen) atoms. The fourth-order valence-electron chi connectivity index (χ4n) is 7.03. The summed E-state index contributed by atoms with van der Waals surface area (Å²) < 4.78 is 0. The molecule has 0 spiro atoms. The van der Waals surface area contributed by atoms with Crippen LogP contribution >= 0.6 is 0 Å². The van der Waals surface area contributed by atoms with Crippen LogP contribution in [0.2, 0.25) is 0 Å². The Balaban J connectivity index is -0.000000314. The minimum absolute atomic E-state index is 0. The van der Waals surface area contributed by atoms with Crippen LogP contribution < -0.4 is 24.8 Å². The van der Waals surface area contributed by atoms with E-state index in [2.05, 4.69) is 104 Å². The van der Waals surface area contributed by atoms with Crippen LogP contribution in [0.5, 0.6) is 0 Å². The normalized spacial score (nSPS) is 14.7. The van der Waals surface area contributed by atoms with E-state index in [-0.39, 0.29) is 77.2 Å². The monoisotopic (exact) mass is 958 g/mol. The van der Waals surface area contributed by atoms with Crippen LogP contribution in [0.15, 0.2) is 68.9 Å². The Kier molecular flexibility index (Phi) is 50.3. The molecule has 0 bridgehead atoms. The standard InChI is InChI=1S/4C13H21.2ClH.2Zr/c4*1-3-5-8-12-10-7-11-13(12)9-6-4-2;;;;/h4*10H,3-9H2,1-2H3;2*1H;;/q4*-1;;;2*+2/p-2. The quantitative estimate of drug-likeness (QED) is 0.0846. The third kappa shape index (κ3) is 29.5. The van der Waals surface area contributed by atoms with Gasteiger partial charge in [0.05, 0.1) is 0 Å². The van der Waals surface area contributed by atoms with Gasteiger partial charge < -0.3 is 24.8 Å². The van der Waals surface area contributed by atoms with E-state index >= 15 is 0 Å². The minimum Gasteiger partial charge on any atom is -1.00 e. The van der Waals surface area contributed by atoms with E-state index in [0.29, 0.717) is 0 Å². The summed E-state index contributed by atoms with van der Waals surface area (Å²) in [5, 5.41) is 0. The van der Waals surface area contributed by atoms with Crippen molar-refractivity contribution in [3.05, 3.63) is 93.2 Å². The molecule has 4 aliphatic rings. The average Bonchev–Trinajstić information content (AvgIpc) is 4.00. The van der Waals surface area contributed by atoms with Crippen molar-refractivity contribution in [2.45, 2.75) is 235 Å². The fraction of sp³-hybridized carbons (Fsp3) is 0.692. The Morgan fingerprint density at radius 2 is 0.464 bits per heavy atom. The van der Waals surface area contributed by atoms with Crippen molar-refractivity contribution in [2.75, 3.05) is 0 Å². The van der Waals surface area contributed by atoms with Crippen LogP contribution in [0.4, 0.5) is 0 Å².